The van der Waals surface area contributed by atoms with Crippen LogP contribution in [0.4, 0.5) is 0 Å². The Morgan fingerprint density at radius 1 is 1.45 bits per heavy atom. The van der Waals surface area contributed by atoms with Crippen molar-refractivity contribution < 1.29 is 4.74 Å². The zero-order valence-electron chi connectivity index (χ0n) is 11.6. The second-order valence-corrected chi connectivity index (χ2v) is 6.90. The molecule has 20 heavy (non-hydrogen) atoms. The first-order valence-corrected chi connectivity index (χ1v) is 8.34. The van der Waals surface area contributed by atoms with E-state index >= 15 is 0 Å². The van der Waals surface area contributed by atoms with Gasteiger partial charge in [0.15, 0.2) is 0 Å². The van der Waals surface area contributed by atoms with Gasteiger partial charge in [-0.2, -0.15) is 0 Å². The van der Waals surface area contributed by atoms with E-state index < -0.39 is 0 Å². The van der Waals surface area contributed by atoms with Crippen LogP contribution in [0.3, 0.4) is 0 Å². The molecule has 1 N–H and O–H groups in total. The van der Waals surface area contributed by atoms with E-state index in [1.165, 1.54) is 23.4 Å². The standard InChI is InChI=1S/C15H17BrN2OS/c1-17-11-4-3-5-13-14(11)18-15(20-13)10-8-9(16)6-7-12(10)19-2/h6-8,11,17H,3-5H2,1-2H3. The van der Waals surface area contributed by atoms with Crippen LogP contribution in [0.15, 0.2) is 22.7 Å². The molecule has 5 heteroatoms. The monoisotopic (exact) mass is 352 g/mol. The predicted octanol–water partition coefficient (Wildman–Crippen LogP) is 4.18. The number of aryl methyl sites for hydroxylation is 1. The van der Waals surface area contributed by atoms with E-state index in [-0.39, 0.29) is 0 Å². The second kappa shape index (κ2) is 5.84. The molecule has 0 radical (unpaired) electrons. The first-order valence-electron chi connectivity index (χ1n) is 6.73. The number of halogens is 1. The van der Waals surface area contributed by atoms with Gasteiger partial charge in [-0.25, -0.2) is 4.98 Å². The quantitative estimate of drug-likeness (QED) is 0.899. The summed E-state index contributed by atoms with van der Waals surface area (Å²) >= 11 is 5.32. The molecule has 0 fully saturated rings. The van der Waals surface area contributed by atoms with Crippen LogP contribution in [0, 0.1) is 0 Å². The summed E-state index contributed by atoms with van der Waals surface area (Å²) in [7, 11) is 3.72. The average Bonchev–Trinajstić information content (AvgIpc) is 2.90. The summed E-state index contributed by atoms with van der Waals surface area (Å²) in [6.45, 7) is 0. The van der Waals surface area contributed by atoms with Gasteiger partial charge < -0.3 is 10.1 Å². The Morgan fingerprint density at radius 3 is 3.05 bits per heavy atom. The smallest absolute Gasteiger partial charge is 0.129 e. The Hall–Kier alpha value is -0.910. The lowest BCUT2D eigenvalue weighted by atomic mass is 9.98. The molecule has 0 spiro atoms. The van der Waals surface area contributed by atoms with E-state index in [0.717, 1.165) is 27.2 Å². The number of hydrogen-bond donors (Lipinski definition) is 1. The summed E-state index contributed by atoms with van der Waals surface area (Å²) in [5.74, 6) is 0.875. The molecule has 3 rings (SSSR count). The molecular formula is C15H17BrN2OS. The molecule has 1 atom stereocenters. The van der Waals surface area contributed by atoms with Crippen LogP contribution in [0.25, 0.3) is 10.6 Å². The molecule has 0 saturated heterocycles. The van der Waals surface area contributed by atoms with E-state index in [1.807, 2.05) is 19.2 Å². The number of nitrogens with one attached hydrogen (secondary N) is 1. The highest BCUT2D eigenvalue weighted by atomic mass is 79.9. The highest BCUT2D eigenvalue weighted by Gasteiger charge is 2.24. The van der Waals surface area contributed by atoms with Crippen LogP contribution in [-0.2, 0) is 6.42 Å². The van der Waals surface area contributed by atoms with Gasteiger partial charge in [0, 0.05) is 9.35 Å². The van der Waals surface area contributed by atoms with Crippen molar-refractivity contribution in [3.05, 3.63) is 33.2 Å². The third kappa shape index (κ3) is 2.50. The predicted molar refractivity (Wildman–Crippen MR) is 86.5 cm³/mol. The van der Waals surface area contributed by atoms with Gasteiger partial charge in [-0.15, -0.1) is 11.3 Å². The van der Waals surface area contributed by atoms with Crippen molar-refractivity contribution in [2.45, 2.75) is 25.3 Å². The molecule has 1 heterocycles. The Labute approximate surface area is 131 Å². The van der Waals surface area contributed by atoms with E-state index in [0.29, 0.717) is 6.04 Å². The maximum atomic E-state index is 5.47. The minimum atomic E-state index is 0.391. The zero-order valence-corrected chi connectivity index (χ0v) is 14.0. The van der Waals surface area contributed by atoms with Crippen LogP contribution in [-0.4, -0.2) is 19.1 Å². The fourth-order valence-electron chi connectivity index (χ4n) is 2.66. The molecule has 1 aliphatic rings. The van der Waals surface area contributed by atoms with Gasteiger partial charge in [0.25, 0.3) is 0 Å². The molecule has 0 saturated carbocycles. The Kier molecular flexibility index (Phi) is 4.10. The lowest BCUT2D eigenvalue weighted by molar-refractivity contribution is 0.416. The molecule has 1 aliphatic carbocycles. The molecule has 106 valence electrons. The normalized spacial score (nSPS) is 17.9. The molecule has 0 bridgehead atoms. The van der Waals surface area contributed by atoms with E-state index in [1.54, 1.807) is 18.4 Å². The zero-order chi connectivity index (χ0) is 14.1. The summed E-state index contributed by atoms with van der Waals surface area (Å²) < 4.78 is 6.52. The number of hydrogen-bond acceptors (Lipinski definition) is 4. The summed E-state index contributed by atoms with van der Waals surface area (Å²) in [6, 6.07) is 6.45. The molecule has 1 unspecified atom stereocenters. The van der Waals surface area contributed by atoms with E-state index in [2.05, 4.69) is 27.3 Å². The van der Waals surface area contributed by atoms with Gasteiger partial charge in [0.2, 0.25) is 0 Å². The average molecular weight is 353 g/mol. The van der Waals surface area contributed by atoms with Gasteiger partial charge in [0.05, 0.1) is 24.4 Å². The number of thiazole rings is 1. The topological polar surface area (TPSA) is 34.1 Å². The Balaban J connectivity index is 2.07. The van der Waals surface area contributed by atoms with Gasteiger partial charge in [-0.05, 0) is 44.5 Å². The number of aromatic nitrogens is 1. The first kappa shape index (κ1) is 14.0. The van der Waals surface area contributed by atoms with Crippen molar-refractivity contribution in [1.29, 1.82) is 0 Å². The van der Waals surface area contributed by atoms with Crippen molar-refractivity contribution in [3.63, 3.8) is 0 Å². The maximum Gasteiger partial charge on any atom is 0.129 e. The highest BCUT2D eigenvalue weighted by Crippen LogP contribution is 2.40. The summed E-state index contributed by atoms with van der Waals surface area (Å²) in [4.78, 5) is 6.29. The first-order chi connectivity index (χ1) is 9.72. The number of benzene rings is 1. The van der Waals surface area contributed by atoms with Crippen molar-refractivity contribution in [3.8, 4) is 16.3 Å². The molecule has 1 aromatic heterocycles. The minimum Gasteiger partial charge on any atom is -0.496 e. The minimum absolute atomic E-state index is 0.391. The molecule has 3 nitrogen and oxygen atoms in total. The third-order valence-corrected chi connectivity index (χ3v) is 5.35. The fraction of sp³-hybridized carbons (Fsp3) is 0.400. The number of rotatable bonds is 3. The van der Waals surface area contributed by atoms with Gasteiger partial charge in [0.1, 0.15) is 10.8 Å². The molecule has 1 aromatic carbocycles. The Morgan fingerprint density at radius 2 is 2.30 bits per heavy atom. The van der Waals surface area contributed by atoms with Crippen LogP contribution in [0.5, 0.6) is 5.75 Å². The van der Waals surface area contributed by atoms with Crippen molar-refractivity contribution in [2.75, 3.05) is 14.2 Å². The van der Waals surface area contributed by atoms with Crippen LogP contribution >= 0.6 is 27.3 Å². The largest absolute Gasteiger partial charge is 0.496 e. The van der Waals surface area contributed by atoms with Gasteiger partial charge >= 0.3 is 0 Å². The number of nitrogens with zero attached hydrogens (tertiary/aromatic N) is 1. The van der Waals surface area contributed by atoms with Gasteiger partial charge in [-0.3, -0.25) is 0 Å². The van der Waals surface area contributed by atoms with Crippen LogP contribution in [0.2, 0.25) is 0 Å². The van der Waals surface area contributed by atoms with Gasteiger partial charge in [-0.1, -0.05) is 15.9 Å². The number of ether oxygens (including phenoxy) is 1. The van der Waals surface area contributed by atoms with Crippen molar-refractivity contribution in [2.24, 2.45) is 0 Å². The summed E-state index contributed by atoms with van der Waals surface area (Å²) in [6.07, 6.45) is 3.54. The highest BCUT2D eigenvalue weighted by molar-refractivity contribution is 9.10. The van der Waals surface area contributed by atoms with E-state index in [4.69, 9.17) is 9.72 Å². The fourth-order valence-corrected chi connectivity index (χ4v) is 4.21. The number of fused-ring (bicyclic) bond motifs is 1. The summed E-state index contributed by atoms with van der Waals surface area (Å²) in [5, 5.41) is 4.42. The molecular weight excluding hydrogens is 336 g/mol. The third-order valence-electron chi connectivity index (χ3n) is 3.69. The van der Waals surface area contributed by atoms with Crippen LogP contribution in [0.1, 0.15) is 29.5 Å². The van der Waals surface area contributed by atoms with Crippen molar-refractivity contribution in [1.82, 2.24) is 10.3 Å². The van der Waals surface area contributed by atoms with E-state index in [9.17, 15) is 0 Å². The molecule has 0 aliphatic heterocycles. The second-order valence-electron chi connectivity index (χ2n) is 4.91. The number of methoxy groups -OCH3 is 1. The Bertz CT molecular complexity index is 626. The van der Waals surface area contributed by atoms with Crippen LogP contribution < -0.4 is 10.1 Å². The maximum absolute atomic E-state index is 5.47. The lowest BCUT2D eigenvalue weighted by Crippen LogP contribution is -2.21. The molecule has 0 amide bonds. The molecule has 2 aromatic rings. The SMILES string of the molecule is CNC1CCCc2sc(-c3cc(Br)ccc3OC)nc21. The lowest BCUT2D eigenvalue weighted by Gasteiger charge is -2.19. The van der Waals surface area contributed by atoms with Crippen molar-refractivity contribution >= 4 is 27.3 Å². The summed E-state index contributed by atoms with van der Waals surface area (Å²) in [5.41, 5.74) is 2.29.